The van der Waals surface area contributed by atoms with Crippen molar-refractivity contribution < 1.29 is 4.52 Å². The van der Waals surface area contributed by atoms with Crippen LogP contribution >= 0.6 is 54.5 Å². The van der Waals surface area contributed by atoms with Crippen LogP contribution < -0.4 is 0 Å². The summed E-state index contributed by atoms with van der Waals surface area (Å²) in [5.41, 5.74) is 0.892. The second kappa shape index (κ2) is 4.28. The van der Waals surface area contributed by atoms with Gasteiger partial charge >= 0.3 is 0 Å². The number of nitrogens with zero attached hydrogens (tertiary/aromatic N) is 2. The predicted molar refractivity (Wildman–Crippen MR) is 67.9 cm³/mol. The van der Waals surface area contributed by atoms with Crippen molar-refractivity contribution in [2.75, 3.05) is 0 Å². The molecule has 0 fully saturated rings. The minimum Gasteiger partial charge on any atom is -0.333 e. The van der Waals surface area contributed by atoms with E-state index in [0.29, 0.717) is 9.72 Å². The van der Waals surface area contributed by atoms with Gasteiger partial charge in [0.05, 0.1) is 5.56 Å². The average Bonchev–Trinajstić information content (AvgIpc) is 2.51. The highest BCUT2D eigenvalue weighted by Crippen LogP contribution is 2.29. The Hall–Kier alpha value is 0.0500. The summed E-state index contributed by atoms with van der Waals surface area (Å²) < 4.78 is 7.59. The fourth-order valence-electron chi connectivity index (χ4n) is 0.978. The summed E-state index contributed by atoms with van der Waals surface area (Å²) in [5, 5.41) is 3.72. The van der Waals surface area contributed by atoms with Crippen molar-refractivity contribution in [3.8, 4) is 11.5 Å². The first-order chi connectivity index (χ1) is 6.66. The van der Waals surface area contributed by atoms with Gasteiger partial charge in [-0.25, -0.2) is 0 Å². The van der Waals surface area contributed by atoms with Crippen molar-refractivity contribution >= 4 is 54.5 Å². The number of hydrogen-bond acceptors (Lipinski definition) is 3. The summed E-state index contributed by atoms with van der Waals surface area (Å²) >= 11 is 8.81. The van der Waals surface area contributed by atoms with E-state index in [4.69, 9.17) is 4.52 Å². The van der Waals surface area contributed by atoms with Crippen LogP contribution in [0, 0.1) is 3.83 Å². The highest BCUT2D eigenvalue weighted by molar-refractivity contribution is 14.1. The number of aromatic nitrogens is 2. The quantitative estimate of drug-likeness (QED) is 0.646. The van der Waals surface area contributed by atoms with Gasteiger partial charge in [0.25, 0.3) is 5.89 Å². The molecule has 0 aliphatic rings. The lowest BCUT2D eigenvalue weighted by molar-refractivity contribution is 0.425. The van der Waals surface area contributed by atoms with Crippen LogP contribution in [0.15, 0.2) is 31.7 Å². The first kappa shape index (κ1) is 10.6. The van der Waals surface area contributed by atoms with E-state index in [1.807, 2.05) is 40.8 Å². The summed E-state index contributed by atoms with van der Waals surface area (Å²) in [7, 11) is 0. The molecule has 0 saturated carbocycles. The lowest BCUT2D eigenvalue weighted by Gasteiger charge is -1.98. The molecule has 1 heterocycles. The Morgan fingerprint density at radius 1 is 1.29 bits per heavy atom. The van der Waals surface area contributed by atoms with Crippen LogP contribution in [0.2, 0.25) is 0 Å². The van der Waals surface area contributed by atoms with E-state index in [0.717, 1.165) is 14.5 Å². The third-order valence-corrected chi connectivity index (χ3v) is 3.15. The van der Waals surface area contributed by atoms with E-state index in [9.17, 15) is 0 Å². The zero-order chi connectivity index (χ0) is 10.1. The van der Waals surface area contributed by atoms with Gasteiger partial charge in [-0.05, 0) is 34.1 Å². The predicted octanol–water partition coefficient (Wildman–Crippen LogP) is 3.87. The molecule has 0 aliphatic carbocycles. The van der Waals surface area contributed by atoms with Gasteiger partial charge in [0, 0.05) is 31.5 Å². The highest BCUT2D eigenvalue weighted by Gasteiger charge is 2.10. The van der Waals surface area contributed by atoms with Crippen LogP contribution in [0.5, 0.6) is 0 Å². The summed E-state index contributed by atoms with van der Waals surface area (Å²) in [4.78, 5) is 4.14. The summed E-state index contributed by atoms with van der Waals surface area (Å²) in [6, 6.07) is 5.78. The summed E-state index contributed by atoms with van der Waals surface area (Å²) in [5.74, 6) is 0.522. The molecule has 1 aromatic carbocycles. The second-order valence-corrected chi connectivity index (χ2v) is 5.23. The Morgan fingerprint density at radius 3 is 2.64 bits per heavy atom. The third kappa shape index (κ3) is 2.17. The van der Waals surface area contributed by atoms with E-state index in [1.54, 1.807) is 0 Å². The Labute approximate surface area is 111 Å². The molecule has 2 rings (SSSR count). The number of halogens is 3. The monoisotopic (exact) mass is 428 g/mol. The molecular formula is C8H3Br2IN2O. The first-order valence-electron chi connectivity index (χ1n) is 3.61. The third-order valence-electron chi connectivity index (χ3n) is 1.56. The maximum absolute atomic E-state index is 5.06. The molecule has 1 aromatic heterocycles. The maximum atomic E-state index is 5.06. The zero-order valence-electron chi connectivity index (χ0n) is 6.67. The molecule has 0 bridgehead atoms. The maximum Gasteiger partial charge on any atom is 0.259 e. The van der Waals surface area contributed by atoms with E-state index in [-0.39, 0.29) is 0 Å². The van der Waals surface area contributed by atoms with Crippen molar-refractivity contribution in [1.29, 1.82) is 0 Å². The SMILES string of the molecule is Brc1ccc(-c2nc(I)no2)c(Br)c1. The Bertz CT molecular complexity index is 472. The van der Waals surface area contributed by atoms with E-state index in [2.05, 4.69) is 42.0 Å². The van der Waals surface area contributed by atoms with Gasteiger partial charge in [0.1, 0.15) is 0 Å². The van der Waals surface area contributed by atoms with Crippen molar-refractivity contribution in [2.45, 2.75) is 0 Å². The smallest absolute Gasteiger partial charge is 0.259 e. The molecule has 0 saturated heterocycles. The molecule has 0 amide bonds. The second-order valence-electron chi connectivity index (χ2n) is 2.49. The average molecular weight is 430 g/mol. The molecule has 0 aliphatic heterocycles. The van der Waals surface area contributed by atoms with Crippen molar-refractivity contribution in [1.82, 2.24) is 10.1 Å². The normalized spacial score (nSPS) is 10.5. The number of benzene rings is 1. The van der Waals surface area contributed by atoms with Gasteiger partial charge in [0.2, 0.25) is 3.83 Å². The molecular weight excluding hydrogens is 427 g/mol. The minimum absolute atomic E-state index is 0.522. The van der Waals surface area contributed by atoms with Crippen LogP contribution in [0.1, 0.15) is 0 Å². The Kier molecular flexibility index (Phi) is 3.23. The minimum atomic E-state index is 0.522. The van der Waals surface area contributed by atoms with E-state index in [1.165, 1.54) is 0 Å². The standard InChI is InChI=1S/C8H3Br2IN2O/c9-4-1-2-5(6(10)3-4)7-12-8(11)13-14-7/h1-3H. The van der Waals surface area contributed by atoms with Crippen LogP contribution in [0.3, 0.4) is 0 Å². The molecule has 72 valence electrons. The van der Waals surface area contributed by atoms with Gasteiger partial charge in [-0.2, -0.15) is 4.98 Å². The molecule has 0 N–H and O–H groups in total. The lowest BCUT2D eigenvalue weighted by Crippen LogP contribution is -1.80. The van der Waals surface area contributed by atoms with Crippen molar-refractivity contribution in [2.24, 2.45) is 0 Å². The number of hydrogen-bond donors (Lipinski definition) is 0. The van der Waals surface area contributed by atoms with Gasteiger partial charge in [-0.3, -0.25) is 0 Å². The molecule has 0 unspecified atom stereocenters. The largest absolute Gasteiger partial charge is 0.333 e. The summed E-state index contributed by atoms with van der Waals surface area (Å²) in [6.45, 7) is 0. The molecule has 2 aromatic rings. The van der Waals surface area contributed by atoms with Crippen LogP contribution in [-0.2, 0) is 0 Å². The molecule has 0 spiro atoms. The number of rotatable bonds is 1. The Balaban J connectivity index is 2.52. The van der Waals surface area contributed by atoms with Crippen LogP contribution in [-0.4, -0.2) is 10.1 Å². The van der Waals surface area contributed by atoms with Crippen molar-refractivity contribution in [3.63, 3.8) is 0 Å². The molecule has 3 nitrogen and oxygen atoms in total. The van der Waals surface area contributed by atoms with Gasteiger partial charge in [-0.15, -0.1) is 0 Å². The van der Waals surface area contributed by atoms with Crippen molar-refractivity contribution in [3.05, 3.63) is 31.0 Å². The summed E-state index contributed by atoms with van der Waals surface area (Å²) in [6.07, 6.45) is 0. The van der Waals surface area contributed by atoms with Gasteiger partial charge in [0.15, 0.2) is 0 Å². The highest BCUT2D eigenvalue weighted by atomic mass is 127. The van der Waals surface area contributed by atoms with Gasteiger partial charge in [-0.1, -0.05) is 21.1 Å². The van der Waals surface area contributed by atoms with Crippen LogP contribution in [0.4, 0.5) is 0 Å². The van der Waals surface area contributed by atoms with E-state index >= 15 is 0 Å². The fourth-order valence-corrected chi connectivity index (χ4v) is 2.51. The molecule has 0 radical (unpaired) electrons. The topological polar surface area (TPSA) is 38.9 Å². The van der Waals surface area contributed by atoms with E-state index < -0.39 is 0 Å². The lowest BCUT2D eigenvalue weighted by atomic mass is 10.2. The molecule has 6 heteroatoms. The fraction of sp³-hybridized carbons (Fsp3) is 0. The molecule has 14 heavy (non-hydrogen) atoms. The zero-order valence-corrected chi connectivity index (χ0v) is 12.0. The van der Waals surface area contributed by atoms with Gasteiger partial charge < -0.3 is 4.52 Å². The first-order valence-corrected chi connectivity index (χ1v) is 6.28. The molecule has 0 atom stereocenters. The van der Waals surface area contributed by atoms with Crippen LogP contribution in [0.25, 0.3) is 11.5 Å². The Morgan fingerprint density at radius 2 is 2.07 bits per heavy atom.